The summed E-state index contributed by atoms with van der Waals surface area (Å²) in [4.78, 5) is 0. The van der Waals surface area contributed by atoms with Gasteiger partial charge in [0.2, 0.25) is 8.32 Å². The summed E-state index contributed by atoms with van der Waals surface area (Å²) in [5, 5.41) is 0. The van der Waals surface area contributed by atoms with Crippen molar-refractivity contribution in [2.45, 2.75) is 72.2 Å². The average molecular weight is 240 g/mol. The Hall–Kier alpha value is -0.178. The van der Waals surface area contributed by atoms with Crippen LogP contribution in [0.2, 0.25) is 38.6 Å². The standard InChI is InChI=1S/C13H29BOSi/c1-7-13(15-16(4,5)6)11-10-12-14(8-2)9-3/h11H,7-10,12H2,1-6H3/b13-11+. The first-order valence-electron chi connectivity index (χ1n) is 6.80. The van der Waals surface area contributed by atoms with Crippen LogP contribution in [0.5, 0.6) is 0 Å². The highest BCUT2D eigenvalue weighted by Gasteiger charge is 2.16. The molecule has 94 valence electrons. The second-order valence-corrected chi connectivity index (χ2v) is 9.93. The summed E-state index contributed by atoms with van der Waals surface area (Å²) in [6, 6.07) is 0. The minimum atomic E-state index is -1.40. The lowest BCUT2D eigenvalue weighted by Gasteiger charge is -2.21. The molecule has 0 amide bonds. The summed E-state index contributed by atoms with van der Waals surface area (Å²) in [6.07, 6.45) is 8.46. The predicted molar refractivity (Wildman–Crippen MR) is 78.9 cm³/mol. The Kier molecular flexibility index (Phi) is 7.90. The molecule has 0 N–H and O–H groups in total. The number of hydrogen-bond acceptors (Lipinski definition) is 1. The highest BCUT2D eigenvalue weighted by Crippen LogP contribution is 2.16. The summed E-state index contributed by atoms with van der Waals surface area (Å²) in [5.41, 5.74) is 0. The fraction of sp³-hybridized carbons (Fsp3) is 0.846. The lowest BCUT2D eigenvalue weighted by Crippen LogP contribution is -2.24. The molecule has 0 atom stereocenters. The fourth-order valence-electron chi connectivity index (χ4n) is 1.83. The minimum absolute atomic E-state index is 0.890. The van der Waals surface area contributed by atoms with E-state index in [2.05, 4.69) is 46.5 Å². The molecule has 0 radical (unpaired) electrons. The Bertz CT molecular complexity index is 204. The monoisotopic (exact) mass is 240 g/mol. The highest BCUT2D eigenvalue weighted by atomic mass is 28.4. The molecular formula is C13H29BOSi. The van der Waals surface area contributed by atoms with Crippen molar-refractivity contribution in [1.82, 2.24) is 0 Å². The van der Waals surface area contributed by atoms with Gasteiger partial charge in [0.15, 0.2) is 0 Å². The van der Waals surface area contributed by atoms with Gasteiger partial charge in [0.1, 0.15) is 6.71 Å². The van der Waals surface area contributed by atoms with Gasteiger partial charge >= 0.3 is 0 Å². The van der Waals surface area contributed by atoms with Gasteiger partial charge in [0.05, 0.1) is 5.76 Å². The van der Waals surface area contributed by atoms with Crippen molar-refractivity contribution in [2.75, 3.05) is 0 Å². The summed E-state index contributed by atoms with van der Waals surface area (Å²) in [5.74, 6) is 1.21. The number of hydrogen-bond donors (Lipinski definition) is 0. The Labute approximate surface area is 104 Å². The molecule has 0 aliphatic carbocycles. The molecule has 0 fully saturated rings. The van der Waals surface area contributed by atoms with Crippen molar-refractivity contribution in [2.24, 2.45) is 0 Å². The maximum absolute atomic E-state index is 6.04. The van der Waals surface area contributed by atoms with E-state index in [-0.39, 0.29) is 0 Å². The molecule has 0 aliphatic rings. The van der Waals surface area contributed by atoms with Crippen molar-refractivity contribution in [3.05, 3.63) is 11.8 Å². The first kappa shape index (κ1) is 15.8. The van der Waals surface area contributed by atoms with Crippen LogP contribution in [0.25, 0.3) is 0 Å². The molecule has 0 aliphatic heterocycles. The normalized spacial score (nSPS) is 12.8. The summed E-state index contributed by atoms with van der Waals surface area (Å²) < 4.78 is 6.04. The first-order valence-corrected chi connectivity index (χ1v) is 10.2. The van der Waals surface area contributed by atoms with E-state index in [0.717, 1.165) is 13.1 Å². The van der Waals surface area contributed by atoms with Gasteiger partial charge in [-0.25, -0.2) is 0 Å². The van der Waals surface area contributed by atoms with Crippen LogP contribution in [0.15, 0.2) is 11.8 Å². The molecule has 0 saturated carbocycles. The summed E-state index contributed by atoms with van der Waals surface area (Å²) in [6.45, 7) is 14.4. The molecule has 0 spiro atoms. The molecule has 0 saturated heterocycles. The molecule has 1 nitrogen and oxygen atoms in total. The summed E-state index contributed by atoms with van der Waals surface area (Å²) in [7, 11) is -1.40. The van der Waals surface area contributed by atoms with Crippen molar-refractivity contribution >= 4 is 15.0 Å². The third kappa shape index (κ3) is 8.03. The number of allylic oxidation sites excluding steroid dienone is 2. The zero-order chi connectivity index (χ0) is 12.6. The van der Waals surface area contributed by atoms with Crippen molar-refractivity contribution < 1.29 is 4.43 Å². The molecule has 0 aromatic heterocycles. The van der Waals surface area contributed by atoms with Gasteiger partial charge in [-0.1, -0.05) is 39.7 Å². The van der Waals surface area contributed by atoms with E-state index in [9.17, 15) is 0 Å². The van der Waals surface area contributed by atoms with E-state index in [1.165, 1.54) is 31.1 Å². The molecule has 16 heavy (non-hydrogen) atoms. The van der Waals surface area contributed by atoms with Crippen LogP contribution in [0, 0.1) is 0 Å². The maximum Gasteiger partial charge on any atom is 0.241 e. The van der Waals surface area contributed by atoms with E-state index in [0.29, 0.717) is 0 Å². The molecule has 0 aromatic rings. The van der Waals surface area contributed by atoms with E-state index in [4.69, 9.17) is 4.43 Å². The van der Waals surface area contributed by atoms with Crippen molar-refractivity contribution in [3.63, 3.8) is 0 Å². The molecule has 0 heterocycles. The van der Waals surface area contributed by atoms with Crippen molar-refractivity contribution in [1.29, 1.82) is 0 Å². The third-order valence-corrected chi connectivity index (χ3v) is 3.76. The van der Waals surface area contributed by atoms with Gasteiger partial charge in [0.25, 0.3) is 0 Å². The van der Waals surface area contributed by atoms with Gasteiger partial charge in [-0.2, -0.15) is 0 Å². The molecule has 0 rings (SSSR count). The zero-order valence-electron chi connectivity index (χ0n) is 12.1. The van der Waals surface area contributed by atoms with Crippen LogP contribution in [0.1, 0.15) is 33.6 Å². The van der Waals surface area contributed by atoms with E-state index in [1.54, 1.807) is 0 Å². The van der Waals surface area contributed by atoms with E-state index >= 15 is 0 Å². The van der Waals surface area contributed by atoms with E-state index < -0.39 is 8.32 Å². The largest absolute Gasteiger partial charge is 0.548 e. The third-order valence-electron chi connectivity index (χ3n) is 2.89. The van der Waals surface area contributed by atoms with Crippen LogP contribution < -0.4 is 0 Å². The SMILES string of the molecule is CCB(CC)CC/C=C(\CC)O[Si](C)(C)C. The average Bonchev–Trinajstić information content (AvgIpc) is 2.21. The van der Waals surface area contributed by atoms with Crippen LogP contribution in [0.3, 0.4) is 0 Å². The van der Waals surface area contributed by atoms with Gasteiger partial charge in [0, 0.05) is 6.42 Å². The van der Waals surface area contributed by atoms with Crippen LogP contribution in [-0.2, 0) is 4.43 Å². The van der Waals surface area contributed by atoms with Gasteiger partial charge in [-0.3, -0.25) is 0 Å². The Balaban J connectivity index is 4.07. The first-order chi connectivity index (χ1) is 7.42. The minimum Gasteiger partial charge on any atom is -0.548 e. The van der Waals surface area contributed by atoms with E-state index in [1.807, 2.05) is 0 Å². The van der Waals surface area contributed by atoms with Crippen LogP contribution >= 0.6 is 0 Å². The zero-order valence-corrected chi connectivity index (χ0v) is 13.1. The predicted octanol–water partition coefficient (Wildman–Crippen LogP) is 5.06. The smallest absolute Gasteiger partial charge is 0.241 e. The molecular weight excluding hydrogens is 211 g/mol. The second kappa shape index (κ2) is 7.99. The summed E-state index contributed by atoms with van der Waals surface area (Å²) >= 11 is 0. The molecule has 0 aromatic carbocycles. The maximum atomic E-state index is 6.04. The molecule has 0 unspecified atom stereocenters. The molecule has 3 heteroatoms. The molecule has 0 bridgehead atoms. The van der Waals surface area contributed by atoms with Crippen LogP contribution in [0.4, 0.5) is 0 Å². The fourth-order valence-corrected chi connectivity index (χ4v) is 2.84. The Morgan fingerprint density at radius 3 is 2.06 bits per heavy atom. The van der Waals surface area contributed by atoms with Gasteiger partial charge in [-0.15, -0.1) is 0 Å². The lowest BCUT2D eigenvalue weighted by atomic mass is 9.43. The second-order valence-electron chi connectivity index (χ2n) is 5.50. The lowest BCUT2D eigenvalue weighted by molar-refractivity contribution is 0.403. The Morgan fingerprint density at radius 1 is 1.12 bits per heavy atom. The van der Waals surface area contributed by atoms with Gasteiger partial charge in [-0.05, 0) is 32.1 Å². The van der Waals surface area contributed by atoms with Crippen LogP contribution in [-0.4, -0.2) is 15.0 Å². The van der Waals surface area contributed by atoms with Gasteiger partial charge < -0.3 is 4.43 Å². The highest BCUT2D eigenvalue weighted by molar-refractivity contribution is 6.70. The quantitative estimate of drug-likeness (QED) is 0.426. The van der Waals surface area contributed by atoms with Crippen molar-refractivity contribution in [3.8, 4) is 0 Å². The number of rotatable bonds is 8. The Morgan fingerprint density at radius 2 is 1.69 bits per heavy atom. The topological polar surface area (TPSA) is 9.23 Å².